The minimum atomic E-state index is 0.107. The summed E-state index contributed by atoms with van der Waals surface area (Å²) >= 11 is 0. The van der Waals surface area contributed by atoms with Crippen molar-refractivity contribution in [3.63, 3.8) is 0 Å². The van der Waals surface area contributed by atoms with Gasteiger partial charge in [-0.05, 0) is 24.3 Å². The van der Waals surface area contributed by atoms with Crippen LogP contribution in [0.4, 0.5) is 0 Å². The van der Waals surface area contributed by atoms with Gasteiger partial charge < -0.3 is 10.6 Å². The fourth-order valence-electron chi connectivity index (χ4n) is 2.51. The van der Waals surface area contributed by atoms with Gasteiger partial charge in [-0.3, -0.25) is 4.79 Å². The van der Waals surface area contributed by atoms with Crippen molar-refractivity contribution < 1.29 is 4.79 Å². The molecule has 18 heavy (non-hydrogen) atoms. The van der Waals surface area contributed by atoms with Crippen molar-refractivity contribution in [1.82, 2.24) is 10.6 Å². The summed E-state index contributed by atoms with van der Waals surface area (Å²) in [7, 11) is 0. The Hall–Kier alpha value is -1.35. The van der Waals surface area contributed by atoms with Crippen molar-refractivity contribution >= 4 is 5.91 Å². The molecule has 1 aliphatic heterocycles. The zero-order chi connectivity index (χ0) is 12.8. The maximum Gasteiger partial charge on any atom is 0.224 e. The molecule has 1 amide bonds. The SMILES string of the molecule is CCCNC(=O)[C@H]1CNC[C@@H](c2ccccc2)C1. The molecule has 1 aromatic carbocycles. The third-order valence-electron chi connectivity index (χ3n) is 3.54. The van der Waals surface area contributed by atoms with E-state index < -0.39 is 0 Å². The van der Waals surface area contributed by atoms with E-state index in [2.05, 4.69) is 41.8 Å². The van der Waals surface area contributed by atoms with Crippen molar-refractivity contribution in [2.45, 2.75) is 25.7 Å². The van der Waals surface area contributed by atoms with Gasteiger partial charge in [0.15, 0.2) is 0 Å². The molecule has 98 valence electrons. The van der Waals surface area contributed by atoms with Crippen LogP contribution in [0.15, 0.2) is 30.3 Å². The van der Waals surface area contributed by atoms with Crippen molar-refractivity contribution in [3.8, 4) is 0 Å². The molecule has 0 spiro atoms. The lowest BCUT2D eigenvalue weighted by molar-refractivity contribution is -0.125. The Bertz CT molecular complexity index is 377. The van der Waals surface area contributed by atoms with Crippen LogP contribution in [-0.2, 0) is 4.79 Å². The molecule has 0 unspecified atom stereocenters. The third kappa shape index (κ3) is 3.33. The number of amides is 1. The van der Waals surface area contributed by atoms with Crippen LogP contribution >= 0.6 is 0 Å². The zero-order valence-electron chi connectivity index (χ0n) is 11.0. The predicted octanol–water partition coefficient (Wildman–Crippen LogP) is 1.91. The monoisotopic (exact) mass is 246 g/mol. The van der Waals surface area contributed by atoms with E-state index in [-0.39, 0.29) is 11.8 Å². The Balaban J connectivity index is 1.94. The van der Waals surface area contributed by atoms with Crippen molar-refractivity contribution in [1.29, 1.82) is 0 Å². The quantitative estimate of drug-likeness (QED) is 0.852. The summed E-state index contributed by atoms with van der Waals surface area (Å²) in [5.41, 5.74) is 1.33. The van der Waals surface area contributed by atoms with E-state index in [0.29, 0.717) is 5.92 Å². The van der Waals surface area contributed by atoms with Crippen LogP contribution < -0.4 is 10.6 Å². The van der Waals surface area contributed by atoms with Crippen LogP contribution in [0.1, 0.15) is 31.2 Å². The first-order chi connectivity index (χ1) is 8.81. The number of carbonyl (C=O) groups is 1. The first kappa shape index (κ1) is 13.1. The molecular formula is C15H22N2O. The minimum absolute atomic E-state index is 0.107. The molecule has 1 aliphatic rings. The summed E-state index contributed by atoms with van der Waals surface area (Å²) in [6.07, 6.45) is 1.95. The number of nitrogens with one attached hydrogen (secondary N) is 2. The summed E-state index contributed by atoms with van der Waals surface area (Å²) < 4.78 is 0. The van der Waals surface area contributed by atoms with Crippen LogP contribution in [0.3, 0.4) is 0 Å². The van der Waals surface area contributed by atoms with Gasteiger partial charge in [0.1, 0.15) is 0 Å². The van der Waals surface area contributed by atoms with E-state index in [1.807, 2.05) is 6.07 Å². The van der Waals surface area contributed by atoms with Crippen molar-refractivity contribution in [3.05, 3.63) is 35.9 Å². The Labute approximate surface area is 109 Å². The number of piperidine rings is 1. The Morgan fingerprint density at radius 3 is 2.83 bits per heavy atom. The van der Waals surface area contributed by atoms with Gasteiger partial charge in [-0.15, -0.1) is 0 Å². The summed E-state index contributed by atoms with van der Waals surface area (Å²) in [6, 6.07) is 10.5. The average molecular weight is 246 g/mol. The Morgan fingerprint density at radius 1 is 1.33 bits per heavy atom. The molecule has 1 aromatic rings. The molecule has 2 atom stereocenters. The molecule has 2 rings (SSSR count). The molecule has 3 nitrogen and oxygen atoms in total. The fraction of sp³-hybridized carbons (Fsp3) is 0.533. The Morgan fingerprint density at radius 2 is 2.11 bits per heavy atom. The lowest BCUT2D eigenvalue weighted by Gasteiger charge is -2.29. The number of hydrogen-bond donors (Lipinski definition) is 2. The molecule has 3 heteroatoms. The highest BCUT2D eigenvalue weighted by Gasteiger charge is 2.27. The topological polar surface area (TPSA) is 41.1 Å². The molecule has 0 radical (unpaired) electrons. The standard InChI is InChI=1S/C15H22N2O/c1-2-8-17-15(18)14-9-13(10-16-11-14)12-6-4-3-5-7-12/h3-7,13-14,16H,2,8-11H2,1H3,(H,17,18)/t13-,14+/m0/s1. The molecule has 1 fully saturated rings. The molecule has 0 aromatic heterocycles. The fourth-order valence-corrected chi connectivity index (χ4v) is 2.51. The molecule has 1 saturated heterocycles. The van der Waals surface area contributed by atoms with E-state index in [0.717, 1.165) is 32.5 Å². The second-order valence-corrected chi connectivity index (χ2v) is 4.99. The van der Waals surface area contributed by atoms with Gasteiger partial charge in [0, 0.05) is 19.6 Å². The van der Waals surface area contributed by atoms with E-state index >= 15 is 0 Å². The summed E-state index contributed by atoms with van der Waals surface area (Å²) in [5, 5.41) is 6.38. The normalized spacial score (nSPS) is 23.6. The van der Waals surface area contributed by atoms with Crippen LogP contribution in [0.25, 0.3) is 0 Å². The van der Waals surface area contributed by atoms with Gasteiger partial charge in [0.05, 0.1) is 5.92 Å². The smallest absolute Gasteiger partial charge is 0.224 e. The van der Waals surface area contributed by atoms with Crippen LogP contribution in [0, 0.1) is 5.92 Å². The molecular weight excluding hydrogens is 224 g/mol. The van der Waals surface area contributed by atoms with E-state index in [9.17, 15) is 4.79 Å². The van der Waals surface area contributed by atoms with Gasteiger partial charge >= 0.3 is 0 Å². The van der Waals surface area contributed by atoms with Gasteiger partial charge in [-0.2, -0.15) is 0 Å². The summed E-state index contributed by atoms with van der Waals surface area (Å²) in [6.45, 7) is 4.64. The highest BCUT2D eigenvalue weighted by Crippen LogP contribution is 2.26. The zero-order valence-corrected chi connectivity index (χ0v) is 11.0. The van der Waals surface area contributed by atoms with E-state index in [1.165, 1.54) is 5.56 Å². The molecule has 0 saturated carbocycles. The van der Waals surface area contributed by atoms with Crippen molar-refractivity contribution in [2.24, 2.45) is 5.92 Å². The van der Waals surface area contributed by atoms with Crippen LogP contribution in [0.2, 0.25) is 0 Å². The van der Waals surface area contributed by atoms with Gasteiger partial charge in [0.25, 0.3) is 0 Å². The number of rotatable bonds is 4. The van der Waals surface area contributed by atoms with E-state index in [4.69, 9.17) is 0 Å². The number of carbonyl (C=O) groups excluding carboxylic acids is 1. The first-order valence-electron chi connectivity index (χ1n) is 6.84. The third-order valence-corrected chi connectivity index (χ3v) is 3.54. The van der Waals surface area contributed by atoms with Crippen molar-refractivity contribution in [2.75, 3.05) is 19.6 Å². The molecule has 0 aliphatic carbocycles. The molecule has 0 bridgehead atoms. The summed E-state index contributed by atoms with van der Waals surface area (Å²) in [5.74, 6) is 0.762. The lowest BCUT2D eigenvalue weighted by atomic mass is 9.85. The Kier molecular flexibility index (Phi) is 4.76. The lowest BCUT2D eigenvalue weighted by Crippen LogP contribution is -2.43. The second-order valence-electron chi connectivity index (χ2n) is 4.99. The second kappa shape index (κ2) is 6.55. The van der Waals surface area contributed by atoms with Gasteiger partial charge in [-0.1, -0.05) is 37.3 Å². The molecule has 2 N–H and O–H groups in total. The highest BCUT2D eigenvalue weighted by molar-refractivity contribution is 5.79. The number of hydrogen-bond acceptors (Lipinski definition) is 2. The first-order valence-corrected chi connectivity index (χ1v) is 6.84. The minimum Gasteiger partial charge on any atom is -0.356 e. The molecule has 1 heterocycles. The predicted molar refractivity (Wildman–Crippen MR) is 73.5 cm³/mol. The highest BCUT2D eigenvalue weighted by atomic mass is 16.1. The maximum absolute atomic E-state index is 12.0. The van der Waals surface area contributed by atoms with Gasteiger partial charge in [0.2, 0.25) is 5.91 Å². The van der Waals surface area contributed by atoms with Crippen LogP contribution in [0.5, 0.6) is 0 Å². The summed E-state index contributed by atoms with van der Waals surface area (Å²) in [4.78, 5) is 12.0. The maximum atomic E-state index is 12.0. The number of benzene rings is 1. The van der Waals surface area contributed by atoms with Crippen LogP contribution in [-0.4, -0.2) is 25.5 Å². The van der Waals surface area contributed by atoms with E-state index in [1.54, 1.807) is 0 Å². The van der Waals surface area contributed by atoms with Gasteiger partial charge in [-0.25, -0.2) is 0 Å². The average Bonchev–Trinajstić information content (AvgIpc) is 2.46. The largest absolute Gasteiger partial charge is 0.356 e.